The number of carbonyl (C=O) groups excluding carboxylic acids is 2. The van der Waals surface area contributed by atoms with E-state index in [1.165, 1.54) is 0 Å². The Morgan fingerprint density at radius 2 is 2.11 bits per heavy atom. The topological polar surface area (TPSA) is 65.5 Å². The summed E-state index contributed by atoms with van der Waals surface area (Å²) in [5.74, 6) is -0.0276. The van der Waals surface area contributed by atoms with Gasteiger partial charge in [0, 0.05) is 44.1 Å². The maximum Gasteiger partial charge on any atom is 0.237 e. The highest BCUT2D eigenvalue weighted by Gasteiger charge is 2.43. The van der Waals surface area contributed by atoms with Crippen LogP contribution in [0, 0.1) is 0 Å². The van der Waals surface area contributed by atoms with Crippen molar-refractivity contribution in [3.8, 4) is 0 Å². The molecule has 1 atom stereocenters. The second-order valence-corrected chi connectivity index (χ2v) is 7.70. The molecule has 0 radical (unpaired) electrons. The molecule has 1 N–H and O–H groups in total. The van der Waals surface area contributed by atoms with Gasteiger partial charge in [-0.25, -0.2) is 0 Å². The Balaban J connectivity index is 1.74. The highest BCUT2D eigenvalue weighted by atomic mass is 16.2. The van der Waals surface area contributed by atoms with Crippen LogP contribution in [0.25, 0.3) is 0 Å². The van der Waals surface area contributed by atoms with Gasteiger partial charge in [-0.05, 0) is 37.3 Å². The largest absolute Gasteiger partial charge is 0.353 e. The molecule has 0 aromatic carbocycles. The van der Waals surface area contributed by atoms with Crippen molar-refractivity contribution in [3.05, 3.63) is 55.4 Å². The van der Waals surface area contributed by atoms with Crippen LogP contribution in [0.15, 0.2) is 49.8 Å². The molecule has 2 fully saturated rings. The summed E-state index contributed by atoms with van der Waals surface area (Å²) in [6, 6.07) is 3.44. The number of pyridine rings is 1. The first-order valence-corrected chi connectivity index (χ1v) is 10.0. The fraction of sp³-hybridized carbons (Fsp3) is 0.500. The third-order valence-electron chi connectivity index (χ3n) is 5.86. The van der Waals surface area contributed by atoms with E-state index in [9.17, 15) is 9.59 Å². The van der Waals surface area contributed by atoms with E-state index in [1.807, 2.05) is 35.4 Å². The average Bonchev–Trinajstić information content (AvgIpc) is 3.09. The fourth-order valence-corrected chi connectivity index (χ4v) is 4.55. The Kier molecular flexibility index (Phi) is 6.62. The van der Waals surface area contributed by atoms with Crippen LogP contribution in [0.3, 0.4) is 0 Å². The van der Waals surface area contributed by atoms with Crippen LogP contribution in [0.1, 0.15) is 37.7 Å². The zero-order valence-electron chi connectivity index (χ0n) is 16.5. The zero-order chi connectivity index (χ0) is 20.0. The number of carbonyl (C=O) groups is 2. The molecule has 6 nitrogen and oxygen atoms in total. The number of hydrogen-bond donors (Lipinski definition) is 1. The monoisotopic (exact) mass is 382 g/mol. The Labute approximate surface area is 167 Å². The Morgan fingerprint density at radius 1 is 1.32 bits per heavy atom. The van der Waals surface area contributed by atoms with Gasteiger partial charge in [0.25, 0.3) is 0 Å². The lowest BCUT2D eigenvalue weighted by Gasteiger charge is -2.40. The normalized spacial score (nSPS) is 21.9. The minimum atomic E-state index is -0.452. The van der Waals surface area contributed by atoms with Crippen molar-refractivity contribution in [2.24, 2.45) is 0 Å². The summed E-state index contributed by atoms with van der Waals surface area (Å²) in [4.78, 5) is 34.1. The molecule has 2 amide bonds. The van der Waals surface area contributed by atoms with E-state index in [0.29, 0.717) is 13.1 Å². The van der Waals surface area contributed by atoms with Crippen LogP contribution < -0.4 is 5.32 Å². The van der Waals surface area contributed by atoms with Gasteiger partial charge in [-0.1, -0.05) is 18.2 Å². The number of nitrogens with zero attached hydrogens (tertiary/aromatic N) is 3. The molecule has 2 saturated heterocycles. The van der Waals surface area contributed by atoms with Gasteiger partial charge in [-0.15, -0.1) is 13.2 Å². The Bertz CT molecular complexity index is 709. The van der Waals surface area contributed by atoms with Gasteiger partial charge >= 0.3 is 0 Å². The first kappa shape index (κ1) is 20.3. The van der Waals surface area contributed by atoms with Crippen molar-refractivity contribution in [2.75, 3.05) is 19.6 Å². The summed E-state index contributed by atoms with van der Waals surface area (Å²) in [6.07, 6.45) is 10.9. The van der Waals surface area contributed by atoms with Crippen LogP contribution in [-0.4, -0.2) is 57.8 Å². The third kappa shape index (κ3) is 4.33. The predicted molar refractivity (Wildman–Crippen MR) is 109 cm³/mol. The average molecular weight is 383 g/mol. The molecule has 6 heteroatoms. The number of rotatable bonds is 8. The molecule has 0 spiro atoms. The third-order valence-corrected chi connectivity index (χ3v) is 5.86. The second kappa shape index (κ2) is 9.15. The van der Waals surface area contributed by atoms with E-state index in [4.69, 9.17) is 0 Å². The predicted octanol–water partition coefficient (Wildman–Crippen LogP) is 2.29. The number of aromatic nitrogens is 1. The van der Waals surface area contributed by atoms with Gasteiger partial charge in [-0.3, -0.25) is 19.5 Å². The standard InChI is InChI=1S/C22H30N4O2/c1-3-8-22(9-4-2)10-6-13-26(22)20(27)15-19-21(28)24-12-14-25(19)17-18-7-5-11-23-16-18/h3-5,7,11,16,19H,1-2,6,8-10,12-15,17H2,(H,24,28)/t19-/m0/s1. The van der Waals surface area contributed by atoms with Crippen molar-refractivity contribution in [2.45, 2.75) is 50.2 Å². The number of hydrogen-bond acceptors (Lipinski definition) is 4. The van der Waals surface area contributed by atoms with Gasteiger partial charge < -0.3 is 10.2 Å². The molecule has 28 heavy (non-hydrogen) atoms. The van der Waals surface area contributed by atoms with Crippen molar-refractivity contribution in [1.82, 2.24) is 20.1 Å². The minimum Gasteiger partial charge on any atom is -0.353 e. The van der Waals surface area contributed by atoms with E-state index >= 15 is 0 Å². The van der Waals surface area contributed by atoms with Crippen LogP contribution in [0.4, 0.5) is 0 Å². The maximum atomic E-state index is 13.3. The molecule has 3 heterocycles. The van der Waals surface area contributed by atoms with Gasteiger partial charge in [-0.2, -0.15) is 0 Å². The molecule has 0 bridgehead atoms. The first-order chi connectivity index (χ1) is 13.6. The quantitative estimate of drug-likeness (QED) is 0.701. The van der Waals surface area contributed by atoms with Crippen molar-refractivity contribution in [3.63, 3.8) is 0 Å². The summed E-state index contributed by atoms with van der Waals surface area (Å²) in [6.45, 7) is 10.4. The number of likely N-dealkylation sites (tertiary alicyclic amines) is 1. The van der Waals surface area contributed by atoms with Gasteiger partial charge in [0.05, 0.1) is 12.5 Å². The van der Waals surface area contributed by atoms with Gasteiger partial charge in [0.2, 0.25) is 11.8 Å². The van der Waals surface area contributed by atoms with Crippen LogP contribution >= 0.6 is 0 Å². The first-order valence-electron chi connectivity index (χ1n) is 10.0. The van der Waals surface area contributed by atoms with E-state index in [-0.39, 0.29) is 23.8 Å². The van der Waals surface area contributed by atoms with E-state index in [2.05, 4.69) is 28.4 Å². The molecule has 1 aromatic rings. The summed E-state index contributed by atoms with van der Waals surface area (Å²) in [5.41, 5.74) is 0.809. The molecular weight excluding hydrogens is 352 g/mol. The van der Waals surface area contributed by atoms with Crippen molar-refractivity contribution in [1.29, 1.82) is 0 Å². The fourth-order valence-electron chi connectivity index (χ4n) is 4.55. The number of nitrogens with one attached hydrogen (secondary N) is 1. The Morgan fingerprint density at radius 3 is 2.79 bits per heavy atom. The maximum absolute atomic E-state index is 13.3. The lowest BCUT2D eigenvalue weighted by Crippen LogP contribution is -2.57. The molecule has 150 valence electrons. The van der Waals surface area contributed by atoms with Crippen LogP contribution in [-0.2, 0) is 16.1 Å². The number of piperazine rings is 1. The molecule has 1 aromatic heterocycles. The second-order valence-electron chi connectivity index (χ2n) is 7.70. The Hall–Kier alpha value is -2.47. The van der Waals surface area contributed by atoms with E-state index < -0.39 is 6.04 Å². The molecule has 0 saturated carbocycles. The SMILES string of the molecule is C=CCC1(CC=C)CCCN1C(=O)C[C@H]1C(=O)NCCN1Cc1cccnc1. The molecule has 3 rings (SSSR count). The summed E-state index contributed by atoms with van der Waals surface area (Å²) >= 11 is 0. The van der Waals surface area contributed by atoms with E-state index in [1.54, 1.807) is 6.20 Å². The smallest absolute Gasteiger partial charge is 0.237 e. The lowest BCUT2D eigenvalue weighted by molar-refractivity contribution is -0.141. The van der Waals surface area contributed by atoms with Gasteiger partial charge in [0.1, 0.15) is 0 Å². The van der Waals surface area contributed by atoms with Crippen LogP contribution in [0.2, 0.25) is 0 Å². The lowest BCUT2D eigenvalue weighted by atomic mass is 9.87. The molecular formula is C22H30N4O2. The molecule has 0 unspecified atom stereocenters. The summed E-state index contributed by atoms with van der Waals surface area (Å²) in [7, 11) is 0. The minimum absolute atomic E-state index is 0.0411. The van der Waals surface area contributed by atoms with Crippen molar-refractivity contribution >= 4 is 11.8 Å². The molecule has 2 aliphatic rings. The molecule has 2 aliphatic heterocycles. The zero-order valence-corrected chi connectivity index (χ0v) is 16.5. The van der Waals surface area contributed by atoms with Gasteiger partial charge in [0.15, 0.2) is 0 Å². The number of amides is 2. The van der Waals surface area contributed by atoms with Crippen molar-refractivity contribution < 1.29 is 9.59 Å². The summed E-state index contributed by atoms with van der Waals surface area (Å²) in [5, 5.41) is 2.92. The highest BCUT2D eigenvalue weighted by molar-refractivity contribution is 5.89. The highest BCUT2D eigenvalue weighted by Crippen LogP contribution is 2.37. The van der Waals surface area contributed by atoms with Crippen LogP contribution in [0.5, 0.6) is 0 Å². The molecule has 0 aliphatic carbocycles. The summed E-state index contributed by atoms with van der Waals surface area (Å²) < 4.78 is 0. The van der Waals surface area contributed by atoms with E-state index in [0.717, 1.165) is 44.3 Å².